The number of aromatic nitrogens is 2. The van der Waals surface area contributed by atoms with Gasteiger partial charge in [-0.3, -0.25) is 14.1 Å². The molecule has 2 aliphatic heterocycles. The van der Waals surface area contributed by atoms with Crippen LogP contribution in [0.4, 0.5) is 0 Å². The fourth-order valence-electron chi connectivity index (χ4n) is 4.33. The van der Waals surface area contributed by atoms with Crippen molar-refractivity contribution in [2.75, 3.05) is 19.8 Å². The molecule has 1 saturated heterocycles. The molecular weight excluding hydrogens is 366 g/mol. The van der Waals surface area contributed by atoms with Gasteiger partial charge in [-0.05, 0) is 55.6 Å². The normalized spacial score (nSPS) is 19.4. The van der Waals surface area contributed by atoms with E-state index in [2.05, 4.69) is 17.0 Å². The monoisotopic (exact) mass is 391 g/mol. The molecular formula is C23H25N3O3. The number of rotatable bonds is 3. The molecule has 2 aromatic heterocycles. The van der Waals surface area contributed by atoms with Crippen LogP contribution >= 0.6 is 0 Å². The predicted molar refractivity (Wildman–Crippen MR) is 111 cm³/mol. The fourth-order valence-corrected chi connectivity index (χ4v) is 4.33. The summed E-state index contributed by atoms with van der Waals surface area (Å²) in [7, 11) is 0. The molecule has 1 atom stereocenters. The largest absolute Gasteiger partial charge is 0.490 e. The van der Waals surface area contributed by atoms with Crippen molar-refractivity contribution >= 4 is 5.65 Å². The Morgan fingerprint density at radius 1 is 1.07 bits per heavy atom. The van der Waals surface area contributed by atoms with E-state index in [4.69, 9.17) is 14.5 Å². The molecule has 0 aliphatic carbocycles. The molecule has 0 radical (unpaired) electrons. The van der Waals surface area contributed by atoms with Gasteiger partial charge in [0.2, 0.25) is 0 Å². The highest BCUT2D eigenvalue weighted by atomic mass is 16.5. The number of hydrogen-bond acceptors (Lipinski definition) is 5. The molecule has 5 rings (SSSR count). The van der Waals surface area contributed by atoms with Crippen LogP contribution in [0.1, 0.15) is 42.1 Å². The zero-order valence-electron chi connectivity index (χ0n) is 16.6. The first kappa shape index (κ1) is 18.2. The Morgan fingerprint density at radius 3 is 2.83 bits per heavy atom. The number of benzene rings is 1. The number of ether oxygens (including phenoxy) is 2. The second kappa shape index (κ2) is 7.52. The van der Waals surface area contributed by atoms with Gasteiger partial charge in [-0.25, -0.2) is 4.98 Å². The van der Waals surface area contributed by atoms with Gasteiger partial charge in [0.15, 0.2) is 11.5 Å². The maximum Gasteiger partial charge on any atom is 0.258 e. The van der Waals surface area contributed by atoms with E-state index in [1.54, 1.807) is 10.5 Å². The minimum Gasteiger partial charge on any atom is -0.490 e. The van der Waals surface area contributed by atoms with Crippen molar-refractivity contribution in [3.8, 4) is 11.5 Å². The molecule has 4 heterocycles. The minimum absolute atomic E-state index is 0.0278. The van der Waals surface area contributed by atoms with Crippen LogP contribution in [0.5, 0.6) is 11.5 Å². The lowest BCUT2D eigenvalue weighted by molar-refractivity contribution is 0.244. The topological polar surface area (TPSA) is 56.1 Å². The van der Waals surface area contributed by atoms with Crippen LogP contribution in [0.3, 0.4) is 0 Å². The first-order valence-corrected chi connectivity index (χ1v) is 10.3. The summed E-state index contributed by atoms with van der Waals surface area (Å²) < 4.78 is 13.3. The Labute approximate surface area is 169 Å². The summed E-state index contributed by atoms with van der Waals surface area (Å²) in [4.78, 5) is 19.7. The Hall–Kier alpha value is -2.86. The average molecular weight is 391 g/mol. The highest BCUT2D eigenvalue weighted by Crippen LogP contribution is 2.38. The van der Waals surface area contributed by atoms with Gasteiger partial charge in [0.25, 0.3) is 5.56 Å². The third kappa shape index (κ3) is 3.60. The van der Waals surface area contributed by atoms with Gasteiger partial charge in [-0.1, -0.05) is 12.1 Å². The standard InChI is InChI=1S/C23H25N3O3/c1-16-5-8-22-24-18(13-23(27)26(22)14-16)15-25-9-2-4-19(25)17-6-7-20-21(12-17)29-11-3-10-28-20/h5-8,12-14,19H,2-4,9-11,15H2,1H3/t19-/m1/s1. The SMILES string of the molecule is Cc1ccc2nc(CN3CCC[C@@H]3c3ccc4c(c3)OCCCO4)cc(=O)n2c1. The molecule has 0 unspecified atom stereocenters. The number of aryl methyl sites for hydroxylation is 1. The third-order valence-corrected chi connectivity index (χ3v) is 5.75. The molecule has 2 aliphatic rings. The molecule has 29 heavy (non-hydrogen) atoms. The second-order valence-corrected chi connectivity index (χ2v) is 7.91. The van der Waals surface area contributed by atoms with E-state index in [1.807, 2.05) is 31.3 Å². The van der Waals surface area contributed by atoms with Crippen LogP contribution < -0.4 is 15.0 Å². The zero-order chi connectivity index (χ0) is 19.8. The lowest BCUT2D eigenvalue weighted by Gasteiger charge is -2.25. The van der Waals surface area contributed by atoms with Crippen LogP contribution in [0.25, 0.3) is 5.65 Å². The molecule has 0 amide bonds. The number of fused-ring (bicyclic) bond motifs is 2. The highest BCUT2D eigenvalue weighted by molar-refractivity contribution is 5.44. The van der Waals surface area contributed by atoms with Crippen molar-refractivity contribution in [1.82, 2.24) is 14.3 Å². The molecule has 150 valence electrons. The van der Waals surface area contributed by atoms with Gasteiger partial charge in [-0.2, -0.15) is 0 Å². The second-order valence-electron chi connectivity index (χ2n) is 7.91. The predicted octanol–water partition coefficient (Wildman–Crippen LogP) is 3.50. The zero-order valence-corrected chi connectivity index (χ0v) is 16.6. The number of hydrogen-bond donors (Lipinski definition) is 0. The van der Waals surface area contributed by atoms with Gasteiger partial charge in [0.1, 0.15) is 5.65 Å². The molecule has 1 fully saturated rings. The van der Waals surface area contributed by atoms with Gasteiger partial charge in [0.05, 0.1) is 18.9 Å². The van der Waals surface area contributed by atoms with E-state index < -0.39 is 0 Å². The fraction of sp³-hybridized carbons (Fsp3) is 0.391. The molecule has 6 nitrogen and oxygen atoms in total. The van der Waals surface area contributed by atoms with Crippen LogP contribution in [0.2, 0.25) is 0 Å². The minimum atomic E-state index is -0.0278. The number of likely N-dealkylation sites (tertiary alicyclic amines) is 1. The lowest BCUT2D eigenvalue weighted by atomic mass is 10.0. The molecule has 3 aromatic rings. The van der Waals surface area contributed by atoms with Crippen molar-refractivity contribution in [3.63, 3.8) is 0 Å². The van der Waals surface area contributed by atoms with Crippen LogP contribution in [0, 0.1) is 6.92 Å². The van der Waals surface area contributed by atoms with E-state index in [0.717, 1.165) is 48.6 Å². The smallest absolute Gasteiger partial charge is 0.258 e. The Bertz CT molecular complexity index is 1110. The highest BCUT2D eigenvalue weighted by Gasteiger charge is 2.27. The van der Waals surface area contributed by atoms with Gasteiger partial charge >= 0.3 is 0 Å². The molecule has 0 saturated carbocycles. The van der Waals surface area contributed by atoms with Crippen molar-refractivity contribution in [2.45, 2.75) is 38.8 Å². The Morgan fingerprint density at radius 2 is 1.93 bits per heavy atom. The summed E-state index contributed by atoms with van der Waals surface area (Å²) in [5.74, 6) is 1.67. The maximum absolute atomic E-state index is 12.5. The summed E-state index contributed by atoms with van der Waals surface area (Å²) in [6, 6.07) is 12.1. The molecule has 0 bridgehead atoms. The van der Waals surface area contributed by atoms with Gasteiger partial charge in [0, 0.05) is 31.3 Å². The van der Waals surface area contributed by atoms with E-state index in [9.17, 15) is 4.79 Å². The summed E-state index contributed by atoms with van der Waals surface area (Å²) >= 11 is 0. The number of pyridine rings is 1. The maximum atomic E-state index is 12.5. The molecule has 0 spiro atoms. The lowest BCUT2D eigenvalue weighted by Crippen LogP contribution is -2.25. The van der Waals surface area contributed by atoms with Crippen molar-refractivity contribution in [2.24, 2.45) is 0 Å². The van der Waals surface area contributed by atoms with Crippen LogP contribution in [-0.4, -0.2) is 34.0 Å². The van der Waals surface area contributed by atoms with Crippen LogP contribution in [0.15, 0.2) is 47.4 Å². The first-order valence-electron chi connectivity index (χ1n) is 10.3. The van der Waals surface area contributed by atoms with E-state index in [1.165, 1.54) is 5.56 Å². The van der Waals surface area contributed by atoms with E-state index in [0.29, 0.717) is 31.4 Å². The Balaban J connectivity index is 1.42. The van der Waals surface area contributed by atoms with E-state index >= 15 is 0 Å². The summed E-state index contributed by atoms with van der Waals surface area (Å²) in [6.45, 7) is 5.02. The summed E-state index contributed by atoms with van der Waals surface area (Å²) in [5.41, 5.74) is 3.77. The quantitative estimate of drug-likeness (QED) is 0.684. The van der Waals surface area contributed by atoms with Crippen molar-refractivity contribution in [1.29, 1.82) is 0 Å². The molecule has 6 heteroatoms. The van der Waals surface area contributed by atoms with Crippen molar-refractivity contribution in [3.05, 3.63) is 69.8 Å². The van der Waals surface area contributed by atoms with Crippen LogP contribution in [-0.2, 0) is 6.54 Å². The summed E-state index contributed by atoms with van der Waals surface area (Å²) in [5, 5.41) is 0. The summed E-state index contributed by atoms with van der Waals surface area (Å²) in [6.07, 6.45) is 4.96. The average Bonchev–Trinajstić information content (AvgIpc) is 3.04. The Kier molecular flexibility index (Phi) is 4.72. The molecule has 1 aromatic carbocycles. The molecule has 0 N–H and O–H groups in total. The van der Waals surface area contributed by atoms with Crippen molar-refractivity contribution < 1.29 is 9.47 Å². The first-order chi connectivity index (χ1) is 14.2. The van der Waals surface area contributed by atoms with Gasteiger partial charge < -0.3 is 9.47 Å². The third-order valence-electron chi connectivity index (χ3n) is 5.75. The van der Waals surface area contributed by atoms with Gasteiger partial charge in [-0.15, -0.1) is 0 Å². The van der Waals surface area contributed by atoms with E-state index in [-0.39, 0.29) is 5.56 Å². The number of nitrogens with zero attached hydrogens (tertiary/aromatic N) is 3.